The Hall–Kier alpha value is -1.55. The van der Waals surface area contributed by atoms with E-state index in [0.29, 0.717) is 19.6 Å². The number of carbonyl (C=O) groups is 1. The standard InChI is InChI=1S/C13H18N2O2/c1-3-17-12-5-4-11(6-9(12)2)15-8-10(14)7-13(15)16/h4-6,10H,3,7-8,14H2,1-2H3. The Morgan fingerprint density at radius 2 is 2.29 bits per heavy atom. The Morgan fingerprint density at radius 3 is 2.82 bits per heavy atom. The summed E-state index contributed by atoms with van der Waals surface area (Å²) in [5.41, 5.74) is 7.73. The van der Waals surface area contributed by atoms with Crippen LogP contribution in [0.15, 0.2) is 18.2 Å². The molecular weight excluding hydrogens is 216 g/mol. The van der Waals surface area contributed by atoms with Crippen LogP contribution in [0.25, 0.3) is 0 Å². The van der Waals surface area contributed by atoms with E-state index >= 15 is 0 Å². The van der Waals surface area contributed by atoms with Gasteiger partial charge in [0.15, 0.2) is 0 Å². The molecule has 1 unspecified atom stereocenters. The van der Waals surface area contributed by atoms with Crippen molar-refractivity contribution in [2.75, 3.05) is 18.1 Å². The third kappa shape index (κ3) is 2.42. The van der Waals surface area contributed by atoms with Gasteiger partial charge in [-0.25, -0.2) is 0 Å². The zero-order valence-electron chi connectivity index (χ0n) is 10.3. The van der Waals surface area contributed by atoms with Crippen LogP contribution in [-0.2, 0) is 4.79 Å². The third-order valence-corrected chi connectivity index (χ3v) is 2.92. The van der Waals surface area contributed by atoms with Gasteiger partial charge in [0, 0.05) is 24.7 Å². The van der Waals surface area contributed by atoms with Gasteiger partial charge in [0.25, 0.3) is 0 Å². The second-order valence-corrected chi connectivity index (χ2v) is 4.35. The highest BCUT2D eigenvalue weighted by molar-refractivity contribution is 5.96. The first-order valence-corrected chi connectivity index (χ1v) is 5.91. The molecular formula is C13H18N2O2. The van der Waals surface area contributed by atoms with E-state index in [-0.39, 0.29) is 11.9 Å². The van der Waals surface area contributed by atoms with E-state index in [1.54, 1.807) is 4.90 Å². The van der Waals surface area contributed by atoms with E-state index in [4.69, 9.17) is 10.5 Å². The van der Waals surface area contributed by atoms with E-state index in [0.717, 1.165) is 17.0 Å². The molecule has 92 valence electrons. The summed E-state index contributed by atoms with van der Waals surface area (Å²) in [4.78, 5) is 13.5. The van der Waals surface area contributed by atoms with E-state index in [1.165, 1.54) is 0 Å². The minimum Gasteiger partial charge on any atom is -0.494 e. The number of benzene rings is 1. The average molecular weight is 234 g/mol. The van der Waals surface area contributed by atoms with Gasteiger partial charge in [-0.2, -0.15) is 0 Å². The molecule has 0 aliphatic carbocycles. The van der Waals surface area contributed by atoms with Gasteiger partial charge in [-0.3, -0.25) is 4.79 Å². The number of ether oxygens (including phenoxy) is 1. The van der Waals surface area contributed by atoms with Crippen LogP contribution in [0.2, 0.25) is 0 Å². The summed E-state index contributed by atoms with van der Waals surface area (Å²) < 4.78 is 5.47. The molecule has 1 aliphatic rings. The van der Waals surface area contributed by atoms with E-state index in [1.807, 2.05) is 32.0 Å². The lowest BCUT2D eigenvalue weighted by molar-refractivity contribution is -0.117. The predicted octanol–water partition coefficient (Wildman–Crippen LogP) is 1.46. The molecule has 4 heteroatoms. The maximum atomic E-state index is 11.7. The molecule has 2 rings (SSSR count). The fourth-order valence-electron chi connectivity index (χ4n) is 2.10. The van der Waals surface area contributed by atoms with Crippen molar-refractivity contribution in [1.82, 2.24) is 0 Å². The SMILES string of the molecule is CCOc1ccc(N2CC(N)CC2=O)cc1C. The van der Waals surface area contributed by atoms with Crippen molar-refractivity contribution in [1.29, 1.82) is 0 Å². The highest BCUT2D eigenvalue weighted by Gasteiger charge is 2.28. The summed E-state index contributed by atoms with van der Waals surface area (Å²) in [5.74, 6) is 0.966. The smallest absolute Gasteiger partial charge is 0.228 e. The Labute approximate surface area is 101 Å². The van der Waals surface area contributed by atoms with Crippen LogP contribution in [0.1, 0.15) is 18.9 Å². The Balaban J connectivity index is 2.23. The quantitative estimate of drug-likeness (QED) is 0.861. The van der Waals surface area contributed by atoms with Crippen LogP contribution in [0.3, 0.4) is 0 Å². The van der Waals surface area contributed by atoms with Gasteiger partial charge in [0.1, 0.15) is 5.75 Å². The van der Waals surface area contributed by atoms with Crippen LogP contribution < -0.4 is 15.4 Å². The molecule has 1 fully saturated rings. The van der Waals surface area contributed by atoms with Gasteiger partial charge in [0.05, 0.1) is 6.61 Å². The Bertz CT molecular complexity index is 431. The summed E-state index contributed by atoms with van der Waals surface area (Å²) >= 11 is 0. The number of rotatable bonds is 3. The van der Waals surface area contributed by atoms with Crippen LogP contribution in [0.5, 0.6) is 5.75 Å². The Morgan fingerprint density at radius 1 is 1.53 bits per heavy atom. The Kier molecular flexibility index (Phi) is 3.33. The summed E-state index contributed by atoms with van der Waals surface area (Å²) in [5, 5.41) is 0. The highest BCUT2D eigenvalue weighted by atomic mass is 16.5. The molecule has 0 radical (unpaired) electrons. The molecule has 1 aromatic rings. The normalized spacial score (nSPS) is 19.8. The summed E-state index contributed by atoms with van der Waals surface area (Å²) in [7, 11) is 0. The minimum atomic E-state index is -0.0469. The van der Waals surface area contributed by atoms with Crippen molar-refractivity contribution in [2.45, 2.75) is 26.3 Å². The number of carbonyl (C=O) groups excluding carboxylic acids is 1. The van der Waals surface area contributed by atoms with E-state index < -0.39 is 0 Å². The topological polar surface area (TPSA) is 55.6 Å². The monoisotopic (exact) mass is 234 g/mol. The van der Waals surface area contributed by atoms with E-state index in [2.05, 4.69) is 0 Å². The zero-order chi connectivity index (χ0) is 12.4. The maximum Gasteiger partial charge on any atom is 0.228 e. The van der Waals surface area contributed by atoms with Crippen LogP contribution >= 0.6 is 0 Å². The van der Waals surface area contributed by atoms with Crippen molar-refractivity contribution in [2.24, 2.45) is 5.73 Å². The van der Waals surface area contributed by atoms with Gasteiger partial charge >= 0.3 is 0 Å². The predicted molar refractivity (Wildman–Crippen MR) is 67.3 cm³/mol. The third-order valence-electron chi connectivity index (χ3n) is 2.92. The molecule has 1 amide bonds. The molecule has 0 aromatic heterocycles. The molecule has 1 atom stereocenters. The number of hydrogen-bond donors (Lipinski definition) is 1. The van der Waals surface area contributed by atoms with Gasteiger partial charge < -0.3 is 15.4 Å². The lowest BCUT2D eigenvalue weighted by Gasteiger charge is -2.18. The number of amides is 1. The van der Waals surface area contributed by atoms with Crippen molar-refractivity contribution < 1.29 is 9.53 Å². The minimum absolute atomic E-state index is 0.0469. The van der Waals surface area contributed by atoms with E-state index in [9.17, 15) is 4.79 Å². The first-order chi connectivity index (χ1) is 8.11. The fraction of sp³-hybridized carbons (Fsp3) is 0.462. The number of hydrogen-bond acceptors (Lipinski definition) is 3. The maximum absolute atomic E-state index is 11.7. The van der Waals surface area contributed by atoms with Gasteiger partial charge in [-0.15, -0.1) is 0 Å². The molecule has 1 saturated heterocycles. The lowest BCUT2D eigenvalue weighted by atomic mass is 10.2. The van der Waals surface area contributed by atoms with Crippen LogP contribution in [0.4, 0.5) is 5.69 Å². The molecule has 1 aliphatic heterocycles. The van der Waals surface area contributed by atoms with Crippen molar-refractivity contribution >= 4 is 11.6 Å². The molecule has 17 heavy (non-hydrogen) atoms. The van der Waals surface area contributed by atoms with Crippen molar-refractivity contribution in [3.05, 3.63) is 23.8 Å². The highest BCUT2D eigenvalue weighted by Crippen LogP contribution is 2.27. The lowest BCUT2D eigenvalue weighted by Crippen LogP contribution is -2.27. The van der Waals surface area contributed by atoms with Gasteiger partial charge in [0.2, 0.25) is 5.91 Å². The fourth-order valence-corrected chi connectivity index (χ4v) is 2.10. The summed E-state index contributed by atoms with van der Waals surface area (Å²) in [6.45, 7) is 5.19. The van der Waals surface area contributed by atoms with Crippen molar-refractivity contribution in [3.63, 3.8) is 0 Å². The molecule has 4 nitrogen and oxygen atoms in total. The number of nitrogens with zero attached hydrogens (tertiary/aromatic N) is 1. The second-order valence-electron chi connectivity index (χ2n) is 4.35. The van der Waals surface area contributed by atoms with Crippen molar-refractivity contribution in [3.8, 4) is 5.75 Å². The van der Waals surface area contributed by atoms with Gasteiger partial charge in [-0.05, 0) is 37.6 Å². The first-order valence-electron chi connectivity index (χ1n) is 5.91. The molecule has 2 N–H and O–H groups in total. The molecule has 0 spiro atoms. The number of nitrogens with two attached hydrogens (primary N) is 1. The largest absolute Gasteiger partial charge is 0.494 e. The molecule has 1 aromatic carbocycles. The van der Waals surface area contributed by atoms with Crippen LogP contribution in [-0.4, -0.2) is 25.1 Å². The van der Waals surface area contributed by atoms with Crippen LogP contribution in [0, 0.1) is 6.92 Å². The number of anilines is 1. The number of aryl methyl sites for hydroxylation is 1. The summed E-state index contributed by atoms with van der Waals surface area (Å²) in [6.07, 6.45) is 0.437. The summed E-state index contributed by atoms with van der Waals surface area (Å²) in [6, 6.07) is 5.74. The average Bonchev–Trinajstić information content (AvgIpc) is 2.61. The molecule has 0 saturated carbocycles. The molecule has 0 bridgehead atoms. The van der Waals surface area contributed by atoms with Gasteiger partial charge in [-0.1, -0.05) is 0 Å². The zero-order valence-corrected chi connectivity index (χ0v) is 10.3. The molecule has 1 heterocycles. The first kappa shape index (κ1) is 11.9. The second kappa shape index (κ2) is 4.75.